The van der Waals surface area contributed by atoms with Crippen molar-refractivity contribution in [2.75, 3.05) is 19.6 Å². The summed E-state index contributed by atoms with van der Waals surface area (Å²) in [5.74, 6) is 0. The highest BCUT2D eigenvalue weighted by atomic mass is 15.2. The number of nitrogens with zero attached hydrogens (tertiary/aromatic N) is 1. The lowest BCUT2D eigenvalue weighted by Crippen LogP contribution is -2.35. The van der Waals surface area contributed by atoms with Crippen LogP contribution in [0, 0.1) is 6.92 Å². The average Bonchev–Trinajstić information content (AvgIpc) is 2.73. The summed E-state index contributed by atoms with van der Waals surface area (Å²) in [6, 6.07) is 18.0. The van der Waals surface area contributed by atoms with Crippen molar-refractivity contribution >= 4 is 0 Å². The van der Waals surface area contributed by atoms with Gasteiger partial charge < -0.3 is 5.73 Å². The van der Waals surface area contributed by atoms with Gasteiger partial charge in [0.15, 0.2) is 0 Å². The molecule has 0 radical (unpaired) electrons. The van der Waals surface area contributed by atoms with Crippen LogP contribution in [-0.2, 0) is 12.8 Å². The number of rotatable bonds is 3. The molecule has 0 aliphatic carbocycles. The SMILES string of the molecule is Cc1ccc(C(CN)N2CCc3ccccc3CC2)cc1. The molecular formula is C19H24N2. The van der Waals surface area contributed by atoms with Gasteiger partial charge in [-0.05, 0) is 36.5 Å². The molecule has 21 heavy (non-hydrogen) atoms. The van der Waals surface area contributed by atoms with Crippen LogP contribution in [0.15, 0.2) is 48.5 Å². The van der Waals surface area contributed by atoms with E-state index >= 15 is 0 Å². The number of benzene rings is 2. The number of fused-ring (bicyclic) bond motifs is 1. The Morgan fingerprint density at radius 2 is 1.52 bits per heavy atom. The van der Waals surface area contributed by atoms with E-state index in [0.29, 0.717) is 12.6 Å². The third-order valence-corrected chi connectivity index (χ3v) is 4.58. The summed E-state index contributed by atoms with van der Waals surface area (Å²) < 4.78 is 0. The summed E-state index contributed by atoms with van der Waals surface area (Å²) in [6.07, 6.45) is 2.25. The van der Waals surface area contributed by atoms with E-state index in [1.165, 1.54) is 22.3 Å². The molecule has 0 amide bonds. The molecule has 1 aliphatic heterocycles. The highest BCUT2D eigenvalue weighted by Gasteiger charge is 2.21. The van der Waals surface area contributed by atoms with Crippen LogP contribution in [0.3, 0.4) is 0 Å². The quantitative estimate of drug-likeness (QED) is 0.936. The van der Waals surface area contributed by atoms with Gasteiger partial charge in [-0.2, -0.15) is 0 Å². The maximum atomic E-state index is 6.09. The molecule has 3 rings (SSSR count). The lowest BCUT2D eigenvalue weighted by Gasteiger charge is -2.30. The van der Waals surface area contributed by atoms with Gasteiger partial charge in [0.05, 0.1) is 0 Å². The molecule has 0 saturated carbocycles. The molecule has 0 aromatic heterocycles. The summed E-state index contributed by atoms with van der Waals surface area (Å²) in [5, 5.41) is 0. The average molecular weight is 280 g/mol. The number of hydrogen-bond acceptors (Lipinski definition) is 2. The Morgan fingerprint density at radius 1 is 0.952 bits per heavy atom. The molecule has 0 bridgehead atoms. The number of nitrogens with two attached hydrogens (primary N) is 1. The zero-order valence-corrected chi connectivity index (χ0v) is 12.8. The van der Waals surface area contributed by atoms with Crippen LogP contribution < -0.4 is 5.73 Å². The maximum absolute atomic E-state index is 6.09. The van der Waals surface area contributed by atoms with E-state index < -0.39 is 0 Å². The maximum Gasteiger partial charge on any atom is 0.0470 e. The lowest BCUT2D eigenvalue weighted by atomic mass is 10.0. The minimum absolute atomic E-state index is 0.333. The molecule has 2 heteroatoms. The standard InChI is InChI=1S/C19H24N2/c1-15-6-8-18(9-7-15)19(14-20)21-12-10-16-4-2-3-5-17(16)11-13-21/h2-9,19H,10-14,20H2,1H3. The van der Waals surface area contributed by atoms with Crippen LogP contribution in [0.1, 0.15) is 28.3 Å². The Morgan fingerprint density at radius 3 is 2.05 bits per heavy atom. The van der Waals surface area contributed by atoms with Crippen molar-refractivity contribution in [3.05, 3.63) is 70.8 Å². The second kappa shape index (κ2) is 6.42. The van der Waals surface area contributed by atoms with Gasteiger partial charge >= 0.3 is 0 Å². The summed E-state index contributed by atoms with van der Waals surface area (Å²) in [6.45, 7) is 4.99. The Balaban J connectivity index is 1.78. The Kier molecular flexibility index (Phi) is 4.37. The largest absolute Gasteiger partial charge is 0.329 e. The van der Waals surface area contributed by atoms with Gasteiger partial charge in [-0.3, -0.25) is 4.90 Å². The van der Waals surface area contributed by atoms with Crippen molar-refractivity contribution in [1.82, 2.24) is 4.90 Å². The second-order valence-electron chi connectivity index (χ2n) is 5.97. The van der Waals surface area contributed by atoms with Crippen molar-refractivity contribution < 1.29 is 0 Å². The van der Waals surface area contributed by atoms with Gasteiger partial charge in [0.25, 0.3) is 0 Å². The van der Waals surface area contributed by atoms with Crippen molar-refractivity contribution in [1.29, 1.82) is 0 Å². The Hall–Kier alpha value is -1.64. The molecule has 2 aromatic rings. The van der Waals surface area contributed by atoms with Gasteiger partial charge in [0.2, 0.25) is 0 Å². The number of hydrogen-bond donors (Lipinski definition) is 1. The van der Waals surface area contributed by atoms with Gasteiger partial charge in [0, 0.05) is 25.7 Å². The highest BCUT2D eigenvalue weighted by molar-refractivity contribution is 5.29. The van der Waals surface area contributed by atoms with Crippen molar-refractivity contribution in [2.45, 2.75) is 25.8 Å². The molecule has 2 nitrogen and oxygen atoms in total. The third kappa shape index (κ3) is 3.17. The molecule has 1 aliphatic rings. The molecule has 1 atom stereocenters. The van der Waals surface area contributed by atoms with E-state index in [0.717, 1.165) is 25.9 Å². The molecule has 0 saturated heterocycles. The predicted molar refractivity (Wildman–Crippen MR) is 88.4 cm³/mol. The topological polar surface area (TPSA) is 29.3 Å². The first kappa shape index (κ1) is 14.3. The van der Waals surface area contributed by atoms with Gasteiger partial charge in [-0.1, -0.05) is 54.1 Å². The van der Waals surface area contributed by atoms with Crippen LogP contribution in [0.2, 0.25) is 0 Å². The fourth-order valence-electron chi connectivity index (χ4n) is 3.28. The van der Waals surface area contributed by atoms with E-state index in [4.69, 9.17) is 5.73 Å². The van der Waals surface area contributed by atoms with Crippen LogP contribution in [0.4, 0.5) is 0 Å². The smallest absolute Gasteiger partial charge is 0.0470 e. The summed E-state index contributed by atoms with van der Waals surface area (Å²) in [7, 11) is 0. The second-order valence-corrected chi connectivity index (χ2v) is 5.97. The minimum Gasteiger partial charge on any atom is -0.329 e. The van der Waals surface area contributed by atoms with Gasteiger partial charge in [-0.15, -0.1) is 0 Å². The van der Waals surface area contributed by atoms with Crippen molar-refractivity contribution in [3.8, 4) is 0 Å². The Bertz CT molecular complexity index is 562. The van der Waals surface area contributed by atoms with E-state index in [2.05, 4.69) is 60.4 Å². The lowest BCUT2D eigenvalue weighted by molar-refractivity contribution is 0.211. The summed E-state index contributed by atoms with van der Waals surface area (Å²) in [5.41, 5.74) is 11.7. The normalized spacial score (nSPS) is 17.0. The highest BCUT2D eigenvalue weighted by Crippen LogP contribution is 2.24. The first-order valence-electron chi connectivity index (χ1n) is 7.85. The van der Waals surface area contributed by atoms with Crippen molar-refractivity contribution in [2.24, 2.45) is 5.73 Å². The van der Waals surface area contributed by atoms with E-state index in [-0.39, 0.29) is 0 Å². The molecule has 1 unspecified atom stereocenters. The first-order valence-corrected chi connectivity index (χ1v) is 7.85. The van der Waals surface area contributed by atoms with Crippen LogP contribution in [0.5, 0.6) is 0 Å². The molecule has 0 spiro atoms. The fourth-order valence-corrected chi connectivity index (χ4v) is 3.28. The molecule has 2 N–H and O–H groups in total. The van der Waals surface area contributed by atoms with E-state index in [1.807, 2.05) is 0 Å². The number of aryl methyl sites for hydroxylation is 1. The van der Waals surface area contributed by atoms with Crippen LogP contribution >= 0.6 is 0 Å². The van der Waals surface area contributed by atoms with E-state index in [9.17, 15) is 0 Å². The molecular weight excluding hydrogens is 256 g/mol. The van der Waals surface area contributed by atoms with Crippen LogP contribution in [0.25, 0.3) is 0 Å². The summed E-state index contributed by atoms with van der Waals surface area (Å²) in [4.78, 5) is 2.55. The van der Waals surface area contributed by atoms with Crippen molar-refractivity contribution in [3.63, 3.8) is 0 Å². The molecule has 2 aromatic carbocycles. The fraction of sp³-hybridized carbons (Fsp3) is 0.368. The van der Waals surface area contributed by atoms with Crippen LogP contribution in [-0.4, -0.2) is 24.5 Å². The molecule has 0 fully saturated rings. The monoisotopic (exact) mass is 280 g/mol. The summed E-state index contributed by atoms with van der Waals surface area (Å²) >= 11 is 0. The molecule has 1 heterocycles. The Labute approximate surface area is 127 Å². The molecule has 110 valence electrons. The first-order chi connectivity index (χ1) is 10.3. The minimum atomic E-state index is 0.333. The van der Waals surface area contributed by atoms with Gasteiger partial charge in [0.1, 0.15) is 0 Å². The zero-order valence-electron chi connectivity index (χ0n) is 12.8. The predicted octanol–water partition coefficient (Wildman–Crippen LogP) is 3.10. The third-order valence-electron chi connectivity index (χ3n) is 4.58. The van der Waals surface area contributed by atoms with E-state index in [1.54, 1.807) is 0 Å². The van der Waals surface area contributed by atoms with Gasteiger partial charge in [-0.25, -0.2) is 0 Å². The zero-order chi connectivity index (χ0) is 14.7.